The van der Waals surface area contributed by atoms with E-state index in [0.717, 1.165) is 0 Å². The topological polar surface area (TPSA) is 0 Å². The summed E-state index contributed by atoms with van der Waals surface area (Å²) in [6.45, 7) is 0. The summed E-state index contributed by atoms with van der Waals surface area (Å²) in [6, 6.07) is 0. The fraction of sp³-hybridized carbons (Fsp3) is 1.00. The fourth-order valence-corrected chi connectivity index (χ4v) is 3.09. The standard InChI is InChI=1S/C6H12S2/c1-2-4-6-8-7-5-3-1/h1-6H2. The summed E-state index contributed by atoms with van der Waals surface area (Å²) in [5.74, 6) is 2.76. The van der Waals surface area contributed by atoms with Gasteiger partial charge in [-0.15, -0.1) is 0 Å². The summed E-state index contributed by atoms with van der Waals surface area (Å²) in [7, 11) is 4.09. The minimum atomic E-state index is 1.38. The zero-order chi connectivity index (χ0) is 5.66. The Balaban J connectivity index is 2.00. The third-order valence-electron chi connectivity index (χ3n) is 1.29. The minimum absolute atomic E-state index is 1.38. The predicted molar refractivity (Wildman–Crippen MR) is 43.4 cm³/mol. The van der Waals surface area contributed by atoms with Crippen molar-refractivity contribution in [2.75, 3.05) is 11.5 Å². The van der Waals surface area contributed by atoms with E-state index in [9.17, 15) is 0 Å². The third kappa shape index (κ3) is 2.88. The van der Waals surface area contributed by atoms with Crippen molar-refractivity contribution in [3.63, 3.8) is 0 Å². The minimum Gasteiger partial charge on any atom is -0.0942 e. The molecule has 1 aliphatic rings. The van der Waals surface area contributed by atoms with Crippen molar-refractivity contribution < 1.29 is 0 Å². The molecule has 0 aromatic carbocycles. The third-order valence-corrected chi connectivity index (χ3v) is 3.87. The van der Waals surface area contributed by atoms with Gasteiger partial charge >= 0.3 is 0 Å². The molecule has 0 spiro atoms. The van der Waals surface area contributed by atoms with Crippen molar-refractivity contribution in [1.29, 1.82) is 0 Å². The number of hydrogen-bond acceptors (Lipinski definition) is 2. The van der Waals surface area contributed by atoms with Gasteiger partial charge in [-0.25, -0.2) is 0 Å². The lowest BCUT2D eigenvalue weighted by molar-refractivity contribution is 0.710. The summed E-state index contributed by atoms with van der Waals surface area (Å²) in [6.07, 6.45) is 5.82. The number of rotatable bonds is 0. The Morgan fingerprint density at radius 3 is 1.62 bits per heavy atom. The van der Waals surface area contributed by atoms with Gasteiger partial charge in [-0.1, -0.05) is 34.4 Å². The first-order valence-electron chi connectivity index (χ1n) is 3.24. The van der Waals surface area contributed by atoms with Crippen LogP contribution in [0.2, 0.25) is 0 Å². The quantitative estimate of drug-likeness (QED) is 0.484. The molecule has 0 atom stereocenters. The molecule has 1 saturated heterocycles. The fourth-order valence-electron chi connectivity index (χ4n) is 0.793. The first kappa shape index (κ1) is 6.81. The van der Waals surface area contributed by atoms with Crippen molar-refractivity contribution in [1.82, 2.24) is 0 Å². The van der Waals surface area contributed by atoms with Crippen LogP contribution < -0.4 is 0 Å². The highest BCUT2D eigenvalue weighted by Gasteiger charge is 1.96. The van der Waals surface area contributed by atoms with Crippen LogP contribution in [0.1, 0.15) is 25.7 Å². The van der Waals surface area contributed by atoms with Crippen LogP contribution in [0.15, 0.2) is 0 Å². The summed E-state index contributed by atoms with van der Waals surface area (Å²) >= 11 is 0. The normalized spacial score (nSPS) is 24.0. The highest BCUT2D eigenvalue weighted by atomic mass is 33.1. The first-order chi connectivity index (χ1) is 4.00. The molecule has 0 aromatic heterocycles. The maximum Gasteiger partial charge on any atom is 0.00369 e. The Morgan fingerprint density at radius 2 is 1.12 bits per heavy atom. The molecule has 0 aromatic rings. The molecule has 2 heteroatoms. The van der Waals surface area contributed by atoms with Crippen LogP contribution in [0.4, 0.5) is 0 Å². The SMILES string of the molecule is C1CCCSSCC1. The van der Waals surface area contributed by atoms with Crippen molar-refractivity contribution in [3.05, 3.63) is 0 Å². The Labute approximate surface area is 59.2 Å². The molecule has 8 heavy (non-hydrogen) atoms. The van der Waals surface area contributed by atoms with Crippen LogP contribution in [0.5, 0.6) is 0 Å². The average Bonchev–Trinajstić information content (AvgIpc) is 1.62. The molecule has 0 saturated carbocycles. The van der Waals surface area contributed by atoms with E-state index < -0.39 is 0 Å². The van der Waals surface area contributed by atoms with Crippen molar-refractivity contribution in [2.24, 2.45) is 0 Å². The molecule has 0 amide bonds. The maximum atomic E-state index is 2.05. The smallest absolute Gasteiger partial charge is 0.00369 e. The van der Waals surface area contributed by atoms with Gasteiger partial charge in [-0.05, 0) is 12.8 Å². The van der Waals surface area contributed by atoms with Crippen molar-refractivity contribution in [3.8, 4) is 0 Å². The molecule has 1 rings (SSSR count). The molecule has 1 aliphatic heterocycles. The van der Waals surface area contributed by atoms with Gasteiger partial charge in [0.25, 0.3) is 0 Å². The Kier molecular flexibility index (Phi) is 3.89. The first-order valence-corrected chi connectivity index (χ1v) is 5.73. The van der Waals surface area contributed by atoms with Gasteiger partial charge in [0.2, 0.25) is 0 Å². The Morgan fingerprint density at radius 1 is 0.625 bits per heavy atom. The molecule has 0 aliphatic carbocycles. The van der Waals surface area contributed by atoms with E-state index >= 15 is 0 Å². The molecule has 0 unspecified atom stereocenters. The van der Waals surface area contributed by atoms with Gasteiger partial charge in [0, 0.05) is 11.5 Å². The second-order valence-corrected chi connectivity index (χ2v) is 4.76. The van der Waals surface area contributed by atoms with Gasteiger partial charge in [0.15, 0.2) is 0 Å². The van der Waals surface area contributed by atoms with E-state index in [4.69, 9.17) is 0 Å². The van der Waals surface area contributed by atoms with Crippen molar-refractivity contribution in [2.45, 2.75) is 25.7 Å². The lowest BCUT2D eigenvalue weighted by Crippen LogP contribution is -1.86. The lowest BCUT2D eigenvalue weighted by Gasteiger charge is -2.05. The second kappa shape index (κ2) is 4.57. The number of hydrogen-bond donors (Lipinski definition) is 0. The molecule has 0 N–H and O–H groups in total. The molecule has 1 heterocycles. The largest absolute Gasteiger partial charge is 0.0942 e. The van der Waals surface area contributed by atoms with E-state index in [1.807, 2.05) is 21.6 Å². The molecule has 0 bridgehead atoms. The monoisotopic (exact) mass is 148 g/mol. The highest BCUT2D eigenvalue weighted by Crippen LogP contribution is 2.26. The van der Waals surface area contributed by atoms with Gasteiger partial charge in [0.05, 0.1) is 0 Å². The summed E-state index contributed by atoms with van der Waals surface area (Å²) in [5.41, 5.74) is 0. The van der Waals surface area contributed by atoms with Gasteiger partial charge in [-0.3, -0.25) is 0 Å². The molecule has 0 nitrogen and oxygen atoms in total. The van der Waals surface area contributed by atoms with Crippen LogP contribution in [-0.2, 0) is 0 Å². The van der Waals surface area contributed by atoms with E-state index in [1.54, 1.807) is 0 Å². The highest BCUT2D eigenvalue weighted by molar-refractivity contribution is 8.76. The molecular formula is C6H12S2. The van der Waals surface area contributed by atoms with Crippen LogP contribution in [0, 0.1) is 0 Å². The maximum absolute atomic E-state index is 2.05. The molecule has 48 valence electrons. The van der Waals surface area contributed by atoms with E-state index in [0.29, 0.717) is 0 Å². The van der Waals surface area contributed by atoms with E-state index in [-0.39, 0.29) is 0 Å². The summed E-state index contributed by atoms with van der Waals surface area (Å²) in [5, 5.41) is 0. The molecular weight excluding hydrogens is 136 g/mol. The van der Waals surface area contributed by atoms with Crippen LogP contribution in [0.3, 0.4) is 0 Å². The van der Waals surface area contributed by atoms with Crippen LogP contribution in [-0.4, -0.2) is 11.5 Å². The Hall–Kier alpha value is 0.700. The van der Waals surface area contributed by atoms with Crippen molar-refractivity contribution >= 4 is 21.6 Å². The predicted octanol–water partition coefficient (Wildman–Crippen LogP) is 2.94. The van der Waals surface area contributed by atoms with Gasteiger partial charge < -0.3 is 0 Å². The van der Waals surface area contributed by atoms with Gasteiger partial charge in [0.1, 0.15) is 0 Å². The van der Waals surface area contributed by atoms with Crippen LogP contribution in [0.25, 0.3) is 0 Å². The molecule has 1 fully saturated rings. The zero-order valence-corrected chi connectivity index (χ0v) is 6.69. The van der Waals surface area contributed by atoms with E-state index in [1.165, 1.54) is 37.2 Å². The Bertz CT molecular complexity index is 30.5. The second-order valence-electron chi connectivity index (χ2n) is 2.06. The average molecular weight is 148 g/mol. The van der Waals surface area contributed by atoms with Gasteiger partial charge in [-0.2, -0.15) is 0 Å². The summed E-state index contributed by atoms with van der Waals surface area (Å²) < 4.78 is 0. The zero-order valence-electron chi connectivity index (χ0n) is 5.06. The summed E-state index contributed by atoms with van der Waals surface area (Å²) in [4.78, 5) is 0. The van der Waals surface area contributed by atoms with Crippen LogP contribution >= 0.6 is 21.6 Å². The molecule has 0 radical (unpaired) electrons. The lowest BCUT2D eigenvalue weighted by atomic mass is 10.2. The van der Waals surface area contributed by atoms with E-state index in [2.05, 4.69) is 0 Å².